The fourth-order valence-corrected chi connectivity index (χ4v) is 9.47. The molecule has 81 heavy (non-hydrogen) atoms. The van der Waals surface area contributed by atoms with E-state index in [4.69, 9.17) is 18.5 Å². The summed E-state index contributed by atoms with van der Waals surface area (Å²) < 4.78 is 34.2. The minimum atomic E-state index is -4.65. The molecule has 0 heterocycles. The van der Waals surface area contributed by atoms with Crippen LogP contribution in [0, 0.1) is 0 Å². The smallest absolute Gasteiger partial charge is 0.306 e. The topological polar surface area (TPSA) is 111 Å². The SMILES string of the molecule is CC/C=C\C/C=C\C/C=C\C/C=C\C/C=C\C/C=C\C/C=C\C/C=C\C/C=C\C/C=C\CCCCCCCCCCC(=O)OC(COC(=O)CCCCCCCCCCCCCCCCCCCC)COP(=O)([O-])OCC[N+](C)(C)C. The van der Waals surface area contributed by atoms with E-state index >= 15 is 0 Å². The Labute approximate surface area is 498 Å². The Balaban J connectivity index is 4.12. The lowest BCUT2D eigenvalue weighted by molar-refractivity contribution is -0.870. The number of quaternary nitrogens is 1. The average Bonchev–Trinajstić information content (AvgIpc) is 3.43. The molecule has 9 nitrogen and oxygen atoms in total. The minimum Gasteiger partial charge on any atom is -0.756 e. The molecule has 10 heteroatoms. The monoisotopic (exact) mass is 1150 g/mol. The molecule has 0 saturated carbocycles. The maximum absolute atomic E-state index is 12.8. The summed E-state index contributed by atoms with van der Waals surface area (Å²) in [6, 6.07) is 0. The number of hydrogen-bond acceptors (Lipinski definition) is 8. The summed E-state index contributed by atoms with van der Waals surface area (Å²) in [6.45, 7) is 4.13. The van der Waals surface area contributed by atoms with Crippen LogP contribution in [0.2, 0.25) is 0 Å². The fourth-order valence-electron chi connectivity index (χ4n) is 8.74. The maximum atomic E-state index is 12.8. The van der Waals surface area contributed by atoms with Crippen LogP contribution < -0.4 is 4.89 Å². The molecule has 0 N–H and O–H groups in total. The zero-order valence-electron chi connectivity index (χ0n) is 52.7. The number of unbranched alkanes of at least 4 members (excludes halogenated alkanes) is 25. The second kappa shape index (κ2) is 61.0. The molecule has 0 aliphatic carbocycles. The van der Waals surface area contributed by atoms with Crippen molar-refractivity contribution in [3.05, 3.63) is 122 Å². The van der Waals surface area contributed by atoms with Crippen LogP contribution in [0.25, 0.3) is 0 Å². The van der Waals surface area contributed by atoms with Gasteiger partial charge in [-0.15, -0.1) is 0 Å². The van der Waals surface area contributed by atoms with Gasteiger partial charge in [-0.3, -0.25) is 14.2 Å². The predicted molar refractivity (Wildman–Crippen MR) is 346 cm³/mol. The molecule has 2 atom stereocenters. The second-order valence-electron chi connectivity index (χ2n) is 22.8. The Morgan fingerprint density at radius 3 is 1.05 bits per heavy atom. The van der Waals surface area contributed by atoms with Gasteiger partial charge in [-0.05, 0) is 89.9 Å². The summed E-state index contributed by atoms with van der Waals surface area (Å²) in [7, 11) is 1.15. The Morgan fingerprint density at radius 1 is 0.395 bits per heavy atom. The molecular formula is C71H122NO8P. The van der Waals surface area contributed by atoms with Crippen LogP contribution in [0.3, 0.4) is 0 Å². The van der Waals surface area contributed by atoms with Crippen molar-refractivity contribution in [1.29, 1.82) is 0 Å². The van der Waals surface area contributed by atoms with Gasteiger partial charge in [-0.25, -0.2) is 0 Å². The number of allylic oxidation sites excluding steroid dienone is 20. The third-order valence-corrected chi connectivity index (χ3v) is 14.7. The van der Waals surface area contributed by atoms with Gasteiger partial charge in [0, 0.05) is 12.8 Å². The van der Waals surface area contributed by atoms with E-state index in [0.29, 0.717) is 17.4 Å². The van der Waals surface area contributed by atoms with Gasteiger partial charge in [0.1, 0.15) is 19.8 Å². The molecule has 0 bridgehead atoms. The summed E-state index contributed by atoms with van der Waals surface area (Å²) in [6.07, 6.45) is 86.9. The molecule has 0 spiro atoms. The van der Waals surface area contributed by atoms with Gasteiger partial charge >= 0.3 is 11.9 Å². The highest BCUT2D eigenvalue weighted by Gasteiger charge is 2.22. The van der Waals surface area contributed by atoms with Gasteiger partial charge in [0.25, 0.3) is 7.82 Å². The molecule has 0 aromatic rings. The Hall–Kier alpha value is -3.59. The quantitative estimate of drug-likeness (QED) is 0.0195. The van der Waals surface area contributed by atoms with Crippen molar-refractivity contribution in [3.63, 3.8) is 0 Å². The lowest BCUT2D eigenvalue weighted by atomic mass is 10.0. The number of rotatable bonds is 59. The van der Waals surface area contributed by atoms with E-state index in [-0.39, 0.29) is 32.0 Å². The maximum Gasteiger partial charge on any atom is 0.306 e. The van der Waals surface area contributed by atoms with Crippen LogP contribution in [0.15, 0.2) is 122 Å². The van der Waals surface area contributed by atoms with Crippen molar-refractivity contribution >= 4 is 19.8 Å². The summed E-state index contributed by atoms with van der Waals surface area (Å²) in [4.78, 5) is 37.9. The lowest BCUT2D eigenvalue weighted by Crippen LogP contribution is -2.37. The molecule has 0 aromatic heterocycles. The zero-order valence-corrected chi connectivity index (χ0v) is 53.6. The van der Waals surface area contributed by atoms with Crippen LogP contribution in [0.4, 0.5) is 0 Å². The van der Waals surface area contributed by atoms with E-state index in [9.17, 15) is 19.0 Å². The van der Waals surface area contributed by atoms with Crippen molar-refractivity contribution in [2.75, 3.05) is 47.5 Å². The van der Waals surface area contributed by atoms with E-state index < -0.39 is 26.5 Å². The molecule has 0 saturated heterocycles. The molecule has 0 amide bonds. The number of nitrogens with zero attached hydrogens (tertiary/aromatic N) is 1. The zero-order chi connectivity index (χ0) is 59.1. The van der Waals surface area contributed by atoms with E-state index in [2.05, 4.69) is 135 Å². The van der Waals surface area contributed by atoms with Crippen LogP contribution in [-0.2, 0) is 32.7 Å². The van der Waals surface area contributed by atoms with Gasteiger partial charge in [0.2, 0.25) is 0 Å². The van der Waals surface area contributed by atoms with E-state index in [1.807, 2.05) is 21.1 Å². The lowest BCUT2D eigenvalue weighted by Gasteiger charge is -2.28. The van der Waals surface area contributed by atoms with Gasteiger partial charge in [0.15, 0.2) is 6.10 Å². The summed E-state index contributed by atoms with van der Waals surface area (Å²) in [5, 5.41) is 0. The van der Waals surface area contributed by atoms with Crippen molar-refractivity contribution in [2.24, 2.45) is 0 Å². The van der Waals surface area contributed by atoms with E-state index in [1.54, 1.807) is 0 Å². The number of phosphoric acid groups is 1. The third-order valence-electron chi connectivity index (χ3n) is 13.7. The van der Waals surface area contributed by atoms with E-state index in [1.165, 1.54) is 122 Å². The van der Waals surface area contributed by atoms with Crippen LogP contribution in [0.5, 0.6) is 0 Å². The first-order chi connectivity index (χ1) is 39.5. The first-order valence-corrected chi connectivity index (χ1v) is 34.2. The van der Waals surface area contributed by atoms with Crippen molar-refractivity contribution in [2.45, 2.75) is 270 Å². The number of esters is 2. The molecule has 0 radical (unpaired) electrons. The van der Waals surface area contributed by atoms with Gasteiger partial charge in [0.05, 0.1) is 27.7 Å². The number of likely N-dealkylation sites (N-methyl/N-ethyl adjacent to an activating group) is 1. The van der Waals surface area contributed by atoms with Crippen molar-refractivity contribution in [3.8, 4) is 0 Å². The number of carbonyl (C=O) groups excluding carboxylic acids is 2. The second-order valence-corrected chi connectivity index (χ2v) is 24.2. The molecule has 0 aliphatic heterocycles. The number of ether oxygens (including phenoxy) is 2. The highest BCUT2D eigenvalue weighted by atomic mass is 31.2. The Morgan fingerprint density at radius 2 is 0.704 bits per heavy atom. The molecule has 0 aromatic carbocycles. The molecular weight excluding hydrogens is 1030 g/mol. The van der Waals surface area contributed by atoms with Gasteiger partial charge in [-0.2, -0.15) is 0 Å². The molecule has 0 aliphatic rings. The summed E-state index contributed by atoms with van der Waals surface area (Å²) >= 11 is 0. The largest absolute Gasteiger partial charge is 0.756 e. The normalized spacial score (nSPS) is 14.0. The Kier molecular flexibility index (Phi) is 58.3. The Bertz CT molecular complexity index is 1780. The molecule has 0 fully saturated rings. The summed E-state index contributed by atoms with van der Waals surface area (Å²) in [5.74, 6) is -0.841. The number of hydrogen-bond donors (Lipinski definition) is 0. The number of phosphoric ester groups is 1. The van der Waals surface area contributed by atoms with E-state index in [0.717, 1.165) is 109 Å². The molecule has 0 rings (SSSR count). The van der Waals surface area contributed by atoms with Crippen molar-refractivity contribution < 1.29 is 42.1 Å². The first kappa shape index (κ1) is 77.4. The van der Waals surface area contributed by atoms with Crippen LogP contribution in [0.1, 0.15) is 264 Å². The standard InChI is InChI=1S/C71H122NO8P/c1-6-8-10-12-14-16-18-20-22-24-26-27-28-29-30-31-32-33-34-35-36-37-38-39-40-41-42-43-44-45-46-48-50-52-54-56-58-60-62-64-71(74)80-69(68-79-81(75,76)78-66-65-72(3,4)5)67-77-70(73)63-61-59-57-55-53-51-49-47-25-23-21-19-17-15-13-11-9-7-2/h8,10,14,16,20,22,26-27,29-30,32-33,35-36,38-39,41-42,44-45,69H,6-7,9,11-13,15,17-19,21,23-25,28,31,34,37,40,43,46-68H2,1-5H3/b10-8-,16-14-,22-20-,27-26-,30-29-,33-32-,36-35-,39-38-,42-41-,45-44-. The summed E-state index contributed by atoms with van der Waals surface area (Å²) in [5.41, 5.74) is 0. The fraction of sp³-hybridized carbons (Fsp3) is 0.690. The highest BCUT2D eigenvalue weighted by Crippen LogP contribution is 2.38. The highest BCUT2D eigenvalue weighted by molar-refractivity contribution is 7.45. The predicted octanol–water partition coefficient (Wildman–Crippen LogP) is 20.5. The third kappa shape index (κ3) is 65.4. The van der Waals surface area contributed by atoms with Crippen LogP contribution in [-0.4, -0.2) is 70.0 Å². The minimum absolute atomic E-state index is 0.0364. The number of carbonyl (C=O) groups is 2. The van der Waals surface area contributed by atoms with Crippen LogP contribution >= 0.6 is 7.82 Å². The molecule has 464 valence electrons. The first-order valence-electron chi connectivity index (χ1n) is 32.7. The van der Waals surface area contributed by atoms with Crippen molar-refractivity contribution in [1.82, 2.24) is 0 Å². The van der Waals surface area contributed by atoms with Gasteiger partial charge in [-0.1, -0.05) is 283 Å². The van der Waals surface area contributed by atoms with Gasteiger partial charge < -0.3 is 27.9 Å². The molecule has 2 unspecified atom stereocenters. The average molecular weight is 1150 g/mol.